The minimum absolute atomic E-state index is 0.284. The number of rotatable bonds is 10. The molecule has 3 atom stereocenters. The standard InChI is InChI=1S/C16H32NO2.In.2H/c1-4-7-15(18-2)16(19-3)9-6-5-8-14-10-12-17-13-11-14;;;/h5,14-17H,4,6-13H2,1-3H3;;;. The van der Waals surface area contributed by atoms with Gasteiger partial charge in [-0.1, -0.05) is 0 Å². The topological polar surface area (TPSA) is 30.5 Å². The van der Waals surface area contributed by atoms with Crippen molar-refractivity contribution in [1.29, 1.82) is 0 Å². The zero-order valence-corrected chi connectivity index (χ0v) is 19.7. The van der Waals surface area contributed by atoms with Gasteiger partial charge in [-0.25, -0.2) is 0 Å². The van der Waals surface area contributed by atoms with Crippen LogP contribution in [0.4, 0.5) is 0 Å². The number of piperidine rings is 1. The first-order valence-electron chi connectivity index (χ1n) is 8.47. The van der Waals surface area contributed by atoms with Gasteiger partial charge in [-0.15, -0.1) is 0 Å². The van der Waals surface area contributed by atoms with E-state index in [9.17, 15) is 0 Å². The monoisotopic (exact) mass is 387 g/mol. The van der Waals surface area contributed by atoms with E-state index in [0.29, 0.717) is 6.10 Å². The molecule has 1 fully saturated rings. The molecule has 4 heteroatoms. The van der Waals surface area contributed by atoms with Crippen LogP contribution in [0.3, 0.4) is 0 Å². The van der Waals surface area contributed by atoms with Crippen LogP contribution in [0.25, 0.3) is 0 Å². The van der Waals surface area contributed by atoms with Crippen LogP contribution in [-0.4, -0.2) is 63.9 Å². The van der Waals surface area contributed by atoms with Gasteiger partial charge in [0.2, 0.25) is 0 Å². The van der Waals surface area contributed by atoms with Crippen LogP contribution in [-0.2, 0) is 9.47 Å². The number of methoxy groups -OCH3 is 2. The van der Waals surface area contributed by atoms with Gasteiger partial charge >= 0.3 is 140 Å². The molecule has 20 heavy (non-hydrogen) atoms. The van der Waals surface area contributed by atoms with Gasteiger partial charge in [-0.05, 0) is 0 Å². The number of nitrogens with one attached hydrogen (secondary N) is 1. The van der Waals surface area contributed by atoms with Crippen molar-refractivity contribution >= 4 is 24.4 Å². The Labute approximate surface area is 140 Å². The Morgan fingerprint density at radius 1 is 1.05 bits per heavy atom. The molecule has 1 heterocycles. The first-order chi connectivity index (χ1) is 9.71. The molecule has 118 valence electrons. The second kappa shape index (κ2) is 11.3. The van der Waals surface area contributed by atoms with Crippen molar-refractivity contribution in [3.63, 3.8) is 0 Å². The Morgan fingerprint density at radius 2 is 1.65 bits per heavy atom. The van der Waals surface area contributed by atoms with E-state index >= 15 is 0 Å². The molecule has 0 saturated carbocycles. The second-order valence-electron chi connectivity index (χ2n) is 6.45. The van der Waals surface area contributed by atoms with Crippen molar-refractivity contribution in [2.45, 2.75) is 67.8 Å². The molecule has 1 saturated heterocycles. The van der Waals surface area contributed by atoms with Crippen molar-refractivity contribution in [2.75, 3.05) is 27.3 Å². The molecule has 1 N–H and O–H groups in total. The summed E-state index contributed by atoms with van der Waals surface area (Å²) in [5.74, 6) is 0.984. The summed E-state index contributed by atoms with van der Waals surface area (Å²) in [6.07, 6.45) is 9.64. The number of hydrogen-bond acceptors (Lipinski definition) is 3. The van der Waals surface area contributed by atoms with E-state index in [0.717, 1.165) is 40.4 Å². The van der Waals surface area contributed by atoms with Crippen LogP contribution >= 0.6 is 0 Å². The summed E-state index contributed by atoms with van der Waals surface area (Å²) in [6.45, 7) is 4.68. The fourth-order valence-electron chi connectivity index (χ4n) is 3.45. The van der Waals surface area contributed by atoms with Crippen LogP contribution in [0.2, 0.25) is 3.67 Å². The zero-order valence-electron chi connectivity index (χ0n) is 14.0. The Bertz CT molecular complexity index is 235. The molecule has 1 rings (SSSR count). The first kappa shape index (κ1) is 18.8. The maximum atomic E-state index is 5.68. The molecule has 0 aromatic carbocycles. The second-order valence-corrected chi connectivity index (χ2v) is 11.1. The van der Waals surface area contributed by atoms with Crippen LogP contribution in [0.15, 0.2) is 0 Å². The summed E-state index contributed by atoms with van der Waals surface area (Å²) in [6, 6.07) is 0. The summed E-state index contributed by atoms with van der Waals surface area (Å²) in [5, 5.41) is 3.46. The number of hydrogen-bond donors (Lipinski definition) is 1. The SMILES string of the molecule is CCCC(OC)C(CC[CH]([InH2])CC1CCNCC1)OC. The molecule has 3 nitrogen and oxygen atoms in total. The predicted molar refractivity (Wildman–Crippen MR) is 88.2 cm³/mol. The van der Waals surface area contributed by atoms with E-state index in [-0.39, 0.29) is 6.10 Å². The van der Waals surface area contributed by atoms with Crippen LogP contribution in [0.5, 0.6) is 0 Å². The molecule has 0 bridgehead atoms. The van der Waals surface area contributed by atoms with E-state index in [1.54, 1.807) is 0 Å². The Balaban J connectivity index is 2.27. The van der Waals surface area contributed by atoms with Crippen LogP contribution in [0, 0.1) is 5.92 Å². The van der Waals surface area contributed by atoms with Crippen LogP contribution in [0.1, 0.15) is 51.9 Å². The summed E-state index contributed by atoms with van der Waals surface area (Å²) in [5.41, 5.74) is 0. The van der Waals surface area contributed by atoms with E-state index < -0.39 is 0 Å². The van der Waals surface area contributed by atoms with E-state index in [1.165, 1.54) is 51.6 Å². The molecular weight excluding hydrogens is 353 g/mol. The molecule has 0 aliphatic carbocycles. The minimum atomic E-state index is 0.284. The third-order valence-electron chi connectivity index (χ3n) is 4.73. The molecule has 1 aliphatic heterocycles. The molecule has 3 unspecified atom stereocenters. The van der Waals surface area contributed by atoms with Crippen molar-refractivity contribution in [3.8, 4) is 0 Å². The summed E-state index contributed by atoms with van der Waals surface area (Å²) in [7, 11) is 3.66. The maximum absolute atomic E-state index is 5.68. The van der Waals surface area contributed by atoms with E-state index in [1.807, 2.05) is 14.2 Å². The van der Waals surface area contributed by atoms with E-state index in [2.05, 4.69) is 12.2 Å². The molecular formula is C16H34InNO2. The van der Waals surface area contributed by atoms with Gasteiger partial charge in [0, 0.05) is 0 Å². The van der Waals surface area contributed by atoms with Gasteiger partial charge in [0.15, 0.2) is 0 Å². The van der Waals surface area contributed by atoms with Gasteiger partial charge in [-0.2, -0.15) is 0 Å². The van der Waals surface area contributed by atoms with Crippen molar-refractivity contribution < 1.29 is 9.47 Å². The predicted octanol–water partition coefficient (Wildman–Crippen LogP) is 2.41. The van der Waals surface area contributed by atoms with Gasteiger partial charge < -0.3 is 0 Å². The molecule has 0 aromatic rings. The summed E-state index contributed by atoms with van der Waals surface area (Å²) >= 11 is 0.758. The fourth-order valence-corrected chi connectivity index (χ4v) is 6.30. The quantitative estimate of drug-likeness (QED) is 0.625. The van der Waals surface area contributed by atoms with Crippen LogP contribution < -0.4 is 5.32 Å². The normalized spacial score (nSPS) is 21.6. The van der Waals surface area contributed by atoms with Gasteiger partial charge in [0.25, 0.3) is 0 Å². The summed E-state index contributed by atoms with van der Waals surface area (Å²) < 4.78 is 12.3. The summed E-state index contributed by atoms with van der Waals surface area (Å²) in [4.78, 5) is 0. The molecule has 0 aromatic heterocycles. The average molecular weight is 387 g/mol. The molecule has 0 radical (unpaired) electrons. The molecule has 1 aliphatic rings. The van der Waals surface area contributed by atoms with Gasteiger partial charge in [-0.3, -0.25) is 0 Å². The van der Waals surface area contributed by atoms with Crippen molar-refractivity contribution in [1.82, 2.24) is 5.32 Å². The Kier molecular flexibility index (Phi) is 10.7. The fraction of sp³-hybridized carbons (Fsp3) is 1.00. The Hall–Kier alpha value is 0.750. The zero-order chi connectivity index (χ0) is 14.8. The van der Waals surface area contributed by atoms with Crippen molar-refractivity contribution in [3.05, 3.63) is 0 Å². The average Bonchev–Trinajstić information content (AvgIpc) is 2.47. The Morgan fingerprint density at radius 3 is 2.20 bits per heavy atom. The number of ether oxygens (including phenoxy) is 2. The third kappa shape index (κ3) is 7.15. The molecule has 0 amide bonds. The van der Waals surface area contributed by atoms with Crippen molar-refractivity contribution in [2.24, 2.45) is 5.92 Å². The first-order valence-corrected chi connectivity index (χ1v) is 11.8. The van der Waals surface area contributed by atoms with E-state index in [4.69, 9.17) is 9.47 Å². The van der Waals surface area contributed by atoms with Gasteiger partial charge in [0.1, 0.15) is 0 Å². The van der Waals surface area contributed by atoms with Gasteiger partial charge in [0.05, 0.1) is 0 Å². The molecule has 0 spiro atoms. The third-order valence-corrected chi connectivity index (χ3v) is 7.73.